The minimum atomic E-state index is -5.30. The molecule has 0 fully saturated rings. The third-order valence-electron chi connectivity index (χ3n) is 5.14. The summed E-state index contributed by atoms with van der Waals surface area (Å²) in [6.07, 6.45) is -14.5. The lowest BCUT2D eigenvalue weighted by Crippen LogP contribution is -2.32. The Balaban J connectivity index is 1.93. The molecule has 3 rings (SSSR count). The van der Waals surface area contributed by atoms with Crippen LogP contribution in [0.4, 0.5) is 49.9 Å². The van der Waals surface area contributed by atoms with Crippen LogP contribution in [0.3, 0.4) is 0 Å². The molecule has 2 aromatic carbocycles. The van der Waals surface area contributed by atoms with Gasteiger partial charge in [-0.3, -0.25) is 15.6 Å². The minimum Gasteiger partial charge on any atom is -0.267 e. The number of allylic oxidation sites excluding steroid dienone is 1. The van der Waals surface area contributed by atoms with Crippen LogP contribution in [0.5, 0.6) is 0 Å². The van der Waals surface area contributed by atoms with E-state index >= 15 is 0 Å². The van der Waals surface area contributed by atoms with Gasteiger partial charge in [0.2, 0.25) is 5.95 Å². The van der Waals surface area contributed by atoms with Gasteiger partial charge in [0.05, 0.1) is 31.8 Å². The van der Waals surface area contributed by atoms with Crippen LogP contribution in [0.15, 0.2) is 48.8 Å². The van der Waals surface area contributed by atoms with Gasteiger partial charge >= 0.3 is 18.5 Å². The number of carbonyl (C=O) groups excluding carboxylic acids is 1. The Kier molecular flexibility index (Phi) is 9.35. The second-order valence-electron chi connectivity index (χ2n) is 7.96. The summed E-state index contributed by atoms with van der Waals surface area (Å²) in [4.78, 5) is 18.9. The lowest BCUT2D eigenvalue weighted by molar-refractivity contribution is -0.140. The number of amides is 1. The summed E-state index contributed by atoms with van der Waals surface area (Å²) in [5.41, 5.74) is -2.07. The molecule has 0 spiro atoms. The number of anilines is 1. The van der Waals surface area contributed by atoms with E-state index < -0.39 is 69.9 Å². The zero-order valence-corrected chi connectivity index (χ0v) is 21.7. The Bertz CT molecular complexity index is 1450. The van der Waals surface area contributed by atoms with Crippen LogP contribution < -0.4 is 10.9 Å². The molecule has 1 aromatic heterocycles. The van der Waals surface area contributed by atoms with Gasteiger partial charge in [0, 0.05) is 18.0 Å². The molecule has 0 aliphatic heterocycles. The average Bonchev–Trinajstić information content (AvgIpc) is 2.86. The molecule has 0 aliphatic carbocycles. The van der Waals surface area contributed by atoms with E-state index in [1.54, 1.807) is 5.43 Å². The highest BCUT2D eigenvalue weighted by Crippen LogP contribution is 2.43. The summed E-state index contributed by atoms with van der Waals surface area (Å²) in [5, 5.41) is -1.05. The number of hydrogen-bond acceptors (Lipinski definition) is 4. The summed E-state index contributed by atoms with van der Waals surface area (Å²) in [6.45, 7) is 0. The molecule has 18 heteroatoms. The van der Waals surface area contributed by atoms with Crippen molar-refractivity contribution in [1.29, 1.82) is 0 Å². The highest BCUT2D eigenvalue weighted by Gasteiger charge is 2.41. The normalized spacial score (nSPS) is 13.6. The second-order valence-corrected chi connectivity index (χ2v) is 9.16. The summed E-state index contributed by atoms with van der Waals surface area (Å²) < 4.78 is 135. The third kappa shape index (κ3) is 7.92. The van der Waals surface area contributed by atoms with Crippen LogP contribution in [-0.4, -0.2) is 22.1 Å². The molecule has 1 heterocycles. The first-order chi connectivity index (χ1) is 18.8. The van der Waals surface area contributed by atoms with Crippen LogP contribution in [-0.2, 0) is 12.4 Å². The third-order valence-corrected chi connectivity index (χ3v) is 6.34. The maximum Gasteiger partial charge on any atom is 0.419 e. The minimum absolute atomic E-state index is 0.00533. The Morgan fingerprint density at radius 3 is 1.90 bits per heavy atom. The van der Waals surface area contributed by atoms with Gasteiger partial charge in [0.15, 0.2) is 0 Å². The first-order valence-electron chi connectivity index (χ1n) is 10.5. The molecule has 0 radical (unpaired) electrons. The van der Waals surface area contributed by atoms with Gasteiger partial charge in [0.25, 0.3) is 5.91 Å². The van der Waals surface area contributed by atoms with E-state index in [0.29, 0.717) is 24.5 Å². The average molecular weight is 656 g/mol. The second kappa shape index (κ2) is 11.9. The fraction of sp³-hybridized carbons (Fsp3) is 0.174. The van der Waals surface area contributed by atoms with Gasteiger partial charge in [0.1, 0.15) is 11.7 Å². The predicted molar refractivity (Wildman–Crippen MR) is 129 cm³/mol. The van der Waals surface area contributed by atoms with Crippen molar-refractivity contribution in [3.8, 4) is 0 Å². The Hall–Kier alpha value is -3.30. The number of carbonyl (C=O) groups is 1. The molecule has 41 heavy (non-hydrogen) atoms. The van der Waals surface area contributed by atoms with Crippen molar-refractivity contribution in [2.75, 3.05) is 5.43 Å². The molecule has 0 aliphatic rings. The fourth-order valence-corrected chi connectivity index (χ4v) is 3.83. The number of nitrogens with one attached hydrogen (secondary N) is 2. The van der Waals surface area contributed by atoms with E-state index in [1.807, 2.05) is 5.43 Å². The molecule has 0 bridgehead atoms. The van der Waals surface area contributed by atoms with Crippen molar-refractivity contribution >= 4 is 52.5 Å². The molecule has 3 aromatic rings. The number of halogens is 13. The molecular weight excluding hydrogens is 645 g/mol. The smallest absolute Gasteiger partial charge is 0.267 e. The molecule has 220 valence electrons. The van der Waals surface area contributed by atoms with E-state index in [4.69, 9.17) is 34.8 Å². The molecular formula is C23H11Cl3F10N4O. The highest BCUT2D eigenvalue weighted by molar-refractivity contribution is 6.48. The maximum absolute atomic E-state index is 15.0. The van der Waals surface area contributed by atoms with Crippen molar-refractivity contribution in [2.24, 2.45) is 0 Å². The maximum atomic E-state index is 15.0. The number of aromatic nitrogens is 2. The lowest BCUT2D eigenvalue weighted by Gasteiger charge is -2.19. The van der Waals surface area contributed by atoms with E-state index in [9.17, 15) is 48.7 Å². The predicted octanol–water partition coefficient (Wildman–Crippen LogP) is 8.89. The van der Waals surface area contributed by atoms with Crippen molar-refractivity contribution in [3.05, 3.63) is 91.7 Å². The van der Waals surface area contributed by atoms with Gasteiger partial charge in [-0.15, -0.1) is 0 Å². The van der Waals surface area contributed by atoms with E-state index in [0.717, 1.165) is 12.1 Å². The monoisotopic (exact) mass is 654 g/mol. The topological polar surface area (TPSA) is 66.9 Å². The molecule has 0 saturated carbocycles. The molecule has 1 amide bonds. The highest BCUT2D eigenvalue weighted by atomic mass is 35.5. The first-order valence-corrected chi connectivity index (χ1v) is 11.7. The Labute approximate surface area is 238 Å². The van der Waals surface area contributed by atoms with Gasteiger partial charge in [-0.05, 0) is 35.9 Å². The van der Waals surface area contributed by atoms with Crippen molar-refractivity contribution in [1.82, 2.24) is 15.4 Å². The van der Waals surface area contributed by atoms with Crippen LogP contribution in [0, 0.1) is 0 Å². The number of benzene rings is 2. The first kappa shape index (κ1) is 32.2. The lowest BCUT2D eigenvalue weighted by atomic mass is 9.95. The van der Waals surface area contributed by atoms with E-state index in [1.165, 1.54) is 0 Å². The number of alkyl halides is 9. The summed E-state index contributed by atoms with van der Waals surface area (Å²) in [7, 11) is 0. The zero-order valence-electron chi connectivity index (χ0n) is 19.4. The zero-order chi connectivity index (χ0) is 30.9. The largest absolute Gasteiger partial charge is 0.419 e. The van der Waals surface area contributed by atoms with Gasteiger partial charge in [-0.1, -0.05) is 40.9 Å². The Morgan fingerprint density at radius 2 is 1.41 bits per heavy atom. The van der Waals surface area contributed by atoms with Gasteiger partial charge in [-0.25, -0.2) is 14.4 Å². The van der Waals surface area contributed by atoms with E-state index in [2.05, 4.69) is 9.97 Å². The molecule has 5 nitrogen and oxygen atoms in total. The van der Waals surface area contributed by atoms with Crippen molar-refractivity contribution in [3.63, 3.8) is 0 Å². The quantitative estimate of drug-likeness (QED) is 0.158. The van der Waals surface area contributed by atoms with E-state index in [-0.39, 0.29) is 27.2 Å². The van der Waals surface area contributed by atoms with Crippen LogP contribution in [0.1, 0.15) is 38.5 Å². The SMILES string of the molecule is O=C(NNc1ncc(C(F)(F)F)cn1)c1ccc(C(F)=CC(c2cc(Cl)c(Cl)c(Cl)c2)C(F)(F)F)cc1C(F)(F)F. The van der Waals surface area contributed by atoms with Crippen LogP contribution >= 0.6 is 34.8 Å². The number of nitrogens with zero attached hydrogens (tertiary/aromatic N) is 2. The van der Waals surface area contributed by atoms with Crippen molar-refractivity contribution < 1.29 is 48.7 Å². The summed E-state index contributed by atoms with van der Waals surface area (Å²) in [5.74, 6) is -6.57. The fourth-order valence-electron chi connectivity index (χ4n) is 3.22. The molecule has 1 atom stereocenters. The Morgan fingerprint density at radius 1 is 0.854 bits per heavy atom. The molecule has 2 N–H and O–H groups in total. The van der Waals surface area contributed by atoms with Crippen LogP contribution in [0.25, 0.3) is 5.83 Å². The molecule has 1 unspecified atom stereocenters. The molecule has 0 saturated heterocycles. The number of rotatable bonds is 6. The number of hydrazine groups is 1. The van der Waals surface area contributed by atoms with Crippen LogP contribution in [0.2, 0.25) is 15.1 Å². The van der Waals surface area contributed by atoms with Gasteiger partial charge < -0.3 is 0 Å². The van der Waals surface area contributed by atoms with Crippen molar-refractivity contribution in [2.45, 2.75) is 24.4 Å². The summed E-state index contributed by atoms with van der Waals surface area (Å²) in [6, 6.07) is 2.72. The van der Waals surface area contributed by atoms with Gasteiger partial charge in [-0.2, -0.15) is 39.5 Å². The number of hydrogen-bond donors (Lipinski definition) is 2. The summed E-state index contributed by atoms with van der Waals surface area (Å²) >= 11 is 17.2. The standard InChI is InChI=1S/C23H11Cl3F10N4O/c24-15-4-10(5-16(25)18(15)26)13(22(31,32)33)6-17(27)9-1-2-12(14(3-9)23(34,35)36)19(41)39-40-20-37-7-11(8-38-20)21(28,29)30/h1-8,13H,(H,39,41)(H,37,38,40).